The first-order valence-corrected chi connectivity index (χ1v) is 18.3. The molecule has 0 saturated heterocycles. The molecule has 2 heteroatoms. The van der Waals surface area contributed by atoms with Gasteiger partial charge in [-0.1, -0.05) is 146 Å². The Balaban J connectivity index is 1.15. The molecule has 0 atom stereocenters. The fraction of sp³-hybridized carbons (Fsp3) is 0.0204. The molecule has 0 unspecified atom stereocenters. The summed E-state index contributed by atoms with van der Waals surface area (Å²) >= 11 is 1.88. The normalized spacial score (nSPS) is 13.4. The zero-order chi connectivity index (χ0) is 33.5. The van der Waals surface area contributed by atoms with E-state index in [1.54, 1.807) is 0 Å². The summed E-state index contributed by atoms with van der Waals surface area (Å²) in [7, 11) is 0. The second-order valence-electron chi connectivity index (χ2n) is 13.6. The number of para-hydroxylation sites is 1. The van der Waals surface area contributed by atoms with Crippen LogP contribution >= 0.6 is 11.3 Å². The lowest BCUT2D eigenvalue weighted by Gasteiger charge is -2.39. The summed E-state index contributed by atoms with van der Waals surface area (Å²) in [5, 5.41) is 2.62. The lowest BCUT2D eigenvalue weighted by molar-refractivity contribution is 0.436. The molecule has 0 radical (unpaired) electrons. The molecule has 0 saturated carbocycles. The van der Waals surface area contributed by atoms with Crippen molar-refractivity contribution in [2.24, 2.45) is 0 Å². The quantitative estimate of drug-likeness (QED) is 0.182. The zero-order valence-corrected chi connectivity index (χ0v) is 28.5. The average molecular weight is 667 g/mol. The van der Waals surface area contributed by atoms with Crippen molar-refractivity contribution in [2.75, 3.05) is 0 Å². The average Bonchev–Trinajstić information content (AvgIpc) is 3.72. The van der Waals surface area contributed by atoms with Crippen molar-refractivity contribution >= 4 is 31.5 Å². The minimum Gasteiger partial charge on any atom is -0.457 e. The number of benzene rings is 8. The Morgan fingerprint density at radius 3 is 1.75 bits per heavy atom. The van der Waals surface area contributed by atoms with Crippen molar-refractivity contribution in [1.29, 1.82) is 0 Å². The van der Waals surface area contributed by atoms with Gasteiger partial charge in [-0.15, -0.1) is 11.3 Å². The molecule has 2 heterocycles. The van der Waals surface area contributed by atoms with E-state index in [1.807, 2.05) is 11.3 Å². The first kappa shape index (κ1) is 28.6. The number of thiophene rings is 1. The predicted molar refractivity (Wildman–Crippen MR) is 213 cm³/mol. The van der Waals surface area contributed by atoms with Gasteiger partial charge in [-0.3, -0.25) is 0 Å². The smallest absolute Gasteiger partial charge is 0.132 e. The fourth-order valence-corrected chi connectivity index (χ4v) is 10.0. The van der Waals surface area contributed by atoms with Gasteiger partial charge in [-0.05, 0) is 92.0 Å². The van der Waals surface area contributed by atoms with Crippen LogP contribution in [0.1, 0.15) is 22.3 Å². The Kier molecular flexibility index (Phi) is 6.11. The molecule has 1 aliphatic heterocycles. The number of ether oxygens (including phenoxy) is 1. The van der Waals surface area contributed by atoms with E-state index in [2.05, 4.69) is 182 Å². The molecule has 238 valence electrons. The molecule has 0 N–H and O–H groups in total. The van der Waals surface area contributed by atoms with Crippen LogP contribution in [-0.2, 0) is 5.41 Å². The summed E-state index contributed by atoms with van der Waals surface area (Å²) in [5.74, 6) is 1.81. The van der Waals surface area contributed by atoms with Gasteiger partial charge in [-0.2, -0.15) is 0 Å². The number of hydrogen-bond acceptors (Lipinski definition) is 2. The Hall–Kier alpha value is -6.22. The largest absolute Gasteiger partial charge is 0.457 e. The molecule has 1 spiro atoms. The van der Waals surface area contributed by atoms with Crippen LogP contribution in [-0.4, -0.2) is 0 Å². The molecule has 0 amide bonds. The summed E-state index contributed by atoms with van der Waals surface area (Å²) in [5.41, 5.74) is 14.2. The summed E-state index contributed by atoms with van der Waals surface area (Å²) in [6.07, 6.45) is 0. The van der Waals surface area contributed by atoms with Crippen molar-refractivity contribution in [3.63, 3.8) is 0 Å². The monoisotopic (exact) mass is 666 g/mol. The summed E-state index contributed by atoms with van der Waals surface area (Å²) in [4.78, 5) is 0. The lowest BCUT2D eigenvalue weighted by Crippen LogP contribution is -2.32. The molecule has 11 rings (SSSR count). The molecule has 0 fully saturated rings. The molecule has 1 aromatic heterocycles. The van der Waals surface area contributed by atoms with Crippen LogP contribution in [0.25, 0.3) is 64.7 Å². The van der Waals surface area contributed by atoms with E-state index in [-0.39, 0.29) is 0 Å². The molecule has 1 nitrogen and oxygen atoms in total. The summed E-state index contributed by atoms with van der Waals surface area (Å²) in [6, 6.07) is 66.5. The highest BCUT2D eigenvalue weighted by atomic mass is 32.1. The van der Waals surface area contributed by atoms with Crippen LogP contribution in [0.4, 0.5) is 0 Å². The number of hydrogen-bond donors (Lipinski definition) is 0. The minimum absolute atomic E-state index is 0.468. The van der Waals surface area contributed by atoms with Crippen molar-refractivity contribution in [3.05, 3.63) is 204 Å². The number of rotatable bonds is 3. The highest BCUT2D eigenvalue weighted by molar-refractivity contribution is 7.26. The minimum atomic E-state index is -0.468. The van der Waals surface area contributed by atoms with Crippen LogP contribution < -0.4 is 4.74 Å². The second kappa shape index (κ2) is 10.9. The maximum absolute atomic E-state index is 6.88. The SMILES string of the molecule is c1ccc(-c2cc(-c3ccc4c(c3)Oc3ccccc3C43c4ccccc4-c4ccccc43)cc(-c3cccc4c3sc3ccccc34)c2)cc1. The Morgan fingerprint density at radius 2 is 0.941 bits per heavy atom. The number of fused-ring (bicyclic) bond motifs is 12. The van der Waals surface area contributed by atoms with E-state index < -0.39 is 5.41 Å². The molecule has 9 aromatic rings. The van der Waals surface area contributed by atoms with Crippen molar-refractivity contribution in [2.45, 2.75) is 5.41 Å². The van der Waals surface area contributed by atoms with Gasteiger partial charge in [0.25, 0.3) is 0 Å². The van der Waals surface area contributed by atoms with E-state index >= 15 is 0 Å². The highest BCUT2D eigenvalue weighted by Gasteiger charge is 2.50. The second-order valence-corrected chi connectivity index (χ2v) is 14.6. The van der Waals surface area contributed by atoms with Gasteiger partial charge in [0.1, 0.15) is 11.5 Å². The Labute approximate surface area is 300 Å². The first-order valence-electron chi connectivity index (χ1n) is 17.5. The zero-order valence-electron chi connectivity index (χ0n) is 27.6. The van der Waals surface area contributed by atoms with E-state index in [0.29, 0.717) is 0 Å². The fourth-order valence-electron chi connectivity index (χ4n) is 8.76. The third-order valence-corrected chi connectivity index (χ3v) is 12.2. The van der Waals surface area contributed by atoms with Crippen LogP contribution in [0.3, 0.4) is 0 Å². The predicted octanol–water partition coefficient (Wildman–Crippen LogP) is 13.5. The van der Waals surface area contributed by atoms with Gasteiger partial charge in [0.2, 0.25) is 0 Å². The topological polar surface area (TPSA) is 9.23 Å². The van der Waals surface area contributed by atoms with Crippen molar-refractivity contribution in [3.8, 4) is 56.0 Å². The van der Waals surface area contributed by atoms with Gasteiger partial charge in [-0.25, -0.2) is 0 Å². The molecular weight excluding hydrogens is 637 g/mol. The van der Waals surface area contributed by atoms with E-state index in [4.69, 9.17) is 4.74 Å². The highest BCUT2D eigenvalue weighted by Crippen LogP contribution is 2.62. The van der Waals surface area contributed by atoms with Crippen LogP contribution in [0.5, 0.6) is 11.5 Å². The van der Waals surface area contributed by atoms with E-state index in [0.717, 1.165) is 22.6 Å². The van der Waals surface area contributed by atoms with Crippen LogP contribution in [0.15, 0.2) is 182 Å². The standard InChI is InChI=1S/C49H30OS/c1-2-13-31(14-3-1)33-27-34(29-35(28-33)36-18-12-19-40-39-17-6-11-24-47(39)51-48(36)40)32-25-26-44-46(30-32)50-45-23-10-9-22-43(45)49(44)41-20-7-4-15-37(41)38-16-5-8-21-42(38)49/h1-30H. The lowest BCUT2D eigenvalue weighted by atomic mass is 9.66. The van der Waals surface area contributed by atoms with E-state index in [9.17, 15) is 0 Å². The van der Waals surface area contributed by atoms with Crippen LogP contribution in [0, 0.1) is 0 Å². The van der Waals surface area contributed by atoms with Gasteiger partial charge in [0.05, 0.1) is 5.41 Å². The van der Waals surface area contributed by atoms with Gasteiger partial charge < -0.3 is 4.74 Å². The summed E-state index contributed by atoms with van der Waals surface area (Å²) in [6.45, 7) is 0. The van der Waals surface area contributed by atoms with Crippen molar-refractivity contribution < 1.29 is 4.74 Å². The Morgan fingerprint density at radius 1 is 0.353 bits per heavy atom. The maximum Gasteiger partial charge on any atom is 0.132 e. The third-order valence-electron chi connectivity index (χ3n) is 10.9. The van der Waals surface area contributed by atoms with Gasteiger partial charge in [0, 0.05) is 31.3 Å². The summed E-state index contributed by atoms with van der Waals surface area (Å²) < 4.78 is 9.51. The molecule has 2 aliphatic rings. The van der Waals surface area contributed by atoms with E-state index in [1.165, 1.54) is 75.8 Å². The maximum atomic E-state index is 6.88. The van der Waals surface area contributed by atoms with Gasteiger partial charge >= 0.3 is 0 Å². The first-order chi connectivity index (χ1) is 25.3. The molecule has 8 aromatic carbocycles. The molecule has 0 bridgehead atoms. The molecule has 51 heavy (non-hydrogen) atoms. The van der Waals surface area contributed by atoms with Crippen molar-refractivity contribution in [1.82, 2.24) is 0 Å². The molecular formula is C49H30OS. The van der Waals surface area contributed by atoms with Crippen LogP contribution in [0.2, 0.25) is 0 Å². The van der Waals surface area contributed by atoms with Gasteiger partial charge in [0.15, 0.2) is 0 Å². The Bertz CT molecular complexity index is 2800. The third kappa shape index (κ3) is 4.08. The molecule has 1 aliphatic carbocycles.